The maximum absolute atomic E-state index is 13.2. The van der Waals surface area contributed by atoms with Crippen molar-refractivity contribution in [2.75, 3.05) is 24.6 Å². The van der Waals surface area contributed by atoms with E-state index in [9.17, 15) is 18.3 Å². The number of carbonyl (C=O) groups excluding carboxylic acids is 1. The molecule has 2 bridgehead atoms. The second-order valence-electron chi connectivity index (χ2n) is 12.1. The van der Waals surface area contributed by atoms with Gasteiger partial charge in [-0.2, -0.15) is 13.1 Å². The number of aliphatic hydroxyl groups is 1. The van der Waals surface area contributed by atoms with E-state index in [1.54, 1.807) is 24.3 Å². The number of nitrogens with one attached hydrogen (secondary N) is 2. The molecular weight excluding hydrogens is 562 g/mol. The van der Waals surface area contributed by atoms with Crippen molar-refractivity contribution in [1.82, 2.24) is 9.44 Å². The molecule has 220 valence electrons. The minimum atomic E-state index is -4.09. The third-order valence-electron chi connectivity index (χ3n) is 9.46. The van der Waals surface area contributed by atoms with Crippen LogP contribution < -0.4 is 19.1 Å². The molecule has 6 rings (SSSR count). The number of ether oxygens (including phenoxy) is 1. The van der Waals surface area contributed by atoms with Crippen molar-refractivity contribution in [3.8, 4) is 5.75 Å². The van der Waals surface area contributed by atoms with Gasteiger partial charge in [0, 0.05) is 35.1 Å². The fourth-order valence-corrected chi connectivity index (χ4v) is 8.38. The number of fused-ring (bicyclic) bond motifs is 4. The van der Waals surface area contributed by atoms with Crippen LogP contribution in [-0.2, 0) is 22.0 Å². The highest BCUT2D eigenvalue weighted by Crippen LogP contribution is 2.46. The Labute approximate surface area is 247 Å². The SMILES string of the molecule is CC[C@@H]1C/C=C\[C@H](O)[C@@H]2CC[C@H]2CN2C[C@@]3(CCCc4cc(Cl)ccc43)COc3ccc(cc32)C(=O)NS(=O)(=O)N1. The molecular formula is C31H38ClN3O5S. The first kappa shape index (κ1) is 28.5. The number of carbonyl (C=O) groups is 1. The van der Waals surface area contributed by atoms with Gasteiger partial charge >= 0.3 is 10.2 Å². The number of nitrogens with zero attached hydrogens (tertiary/aromatic N) is 1. The summed E-state index contributed by atoms with van der Waals surface area (Å²) in [6.45, 7) is 3.77. The number of hydrogen-bond acceptors (Lipinski definition) is 6. The molecule has 2 aromatic carbocycles. The maximum Gasteiger partial charge on any atom is 0.301 e. The third kappa shape index (κ3) is 5.74. The van der Waals surface area contributed by atoms with Crippen LogP contribution >= 0.6 is 11.6 Å². The zero-order valence-electron chi connectivity index (χ0n) is 23.3. The lowest BCUT2D eigenvalue weighted by Gasteiger charge is -2.45. The van der Waals surface area contributed by atoms with Crippen LogP contribution in [0.3, 0.4) is 0 Å². The van der Waals surface area contributed by atoms with Crippen molar-refractivity contribution < 1.29 is 23.1 Å². The molecule has 1 amide bonds. The number of rotatable bonds is 1. The van der Waals surface area contributed by atoms with Crippen LogP contribution in [0.25, 0.3) is 0 Å². The molecule has 4 aliphatic rings. The Kier molecular flexibility index (Phi) is 7.82. The van der Waals surface area contributed by atoms with E-state index in [-0.39, 0.29) is 22.8 Å². The van der Waals surface area contributed by atoms with Gasteiger partial charge in [0.1, 0.15) is 5.75 Å². The molecule has 41 heavy (non-hydrogen) atoms. The van der Waals surface area contributed by atoms with Crippen LogP contribution in [0.5, 0.6) is 5.75 Å². The summed E-state index contributed by atoms with van der Waals surface area (Å²) in [6.07, 6.45) is 8.93. The van der Waals surface area contributed by atoms with Crippen molar-refractivity contribution in [2.45, 2.75) is 69.4 Å². The standard InChI is InChI=1S/C31H38ClN3O5S/c1-2-24-6-3-7-28(36)25-11-8-22(25)17-35-18-31(14-4-5-20-15-23(32)10-12-26(20)31)19-40-29-13-9-21(16-27(29)35)30(37)34-41(38,39)33-24/h3,7,9-10,12-13,15-16,22,24-25,28,33,36H,2,4-6,8,11,14,17-19H2,1H3,(H,34,37)/b7-3-/t22-,24+,25+,28-,31-/m0/s1. The molecule has 1 fully saturated rings. The van der Waals surface area contributed by atoms with Crippen LogP contribution in [0.1, 0.15) is 66.9 Å². The molecule has 0 radical (unpaired) electrons. The van der Waals surface area contributed by atoms with E-state index < -0.39 is 28.3 Å². The van der Waals surface area contributed by atoms with Crippen LogP contribution in [0.4, 0.5) is 5.69 Å². The van der Waals surface area contributed by atoms with E-state index in [4.69, 9.17) is 16.3 Å². The summed E-state index contributed by atoms with van der Waals surface area (Å²) < 4.78 is 37.0. The summed E-state index contributed by atoms with van der Waals surface area (Å²) in [5.74, 6) is 0.371. The Balaban J connectivity index is 1.41. The number of aliphatic hydroxyl groups excluding tert-OH is 1. The highest BCUT2D eigenvalue weighted by molar-refractivity contribution is 7.88. The molecule has 3 N–H and O–H groups in total. The van der Waals surface area contributed by atoms with Crippen molar-refractivity contribution in [1.29, 1.82) is 0 Å². The Morgan fingerprint density at radius 3 is 2.83 bits per heavy atom. The number of halogens is 1. The minimum Gasteiger partial charge on any atom is -0.490 e. The predicted molar refractivity (Wildman–Crippen MR) is 160 cm³/mol. The van der Waals surface area contributed by atoms with E-state index >= 15 is 0 Å². The summed E-state index contributed by atoms with van der Waals surface area (Å²) in [5, 5.41) is 11.8. The second-order valence-corrected chi connectivity index (χ2v) is 14.0. The molecule has 1 saturated carbocycles. The van der Waals surface area contributed by atoms with Crippen LogP contribution in [-0.4, -0.2) is 51.3 Å². The van der Waals surface area contributed by atoms with Gasteiger partial charge in [0.15, 0.2) is 0 Å². The molecule has 0 unspecified atom stereocenters. The highest BCUT2D eigenvalue weighted by atomic mass is 35.5. The zero-order valence-corrected chi connectivity index (χ0v) is 24.9. The first-order chi connectivity index (χ1) is 19.7. The molecule has 5 atom stereocenters. The molecule has 0 saturated heterocycles. The van der Waals surface area contributed by atoms with Gasteiger partial charge in [-0.05, 0) is 98.2 Å². The highest BCUT2D eigenvalue weighted by Gasteiger charge is 2.44. The lowest BCUT2D eigenvalue weighted by molar-refractivity contribution is 0.0456. The molecule has 1 spiro atoms. The van der Waals surface area contributed by atoms with Gasteiger partial charge in [0.05, 0.1) is 18.4 Å². The summed E-state index contributed by atoms with van der Waals surface area (Å²) in [7, 11) is -4.09. The first-order valence-corrected chi connectivity index (χ1v) is 16.5. The number of benzene rings is 2. The fourth-order valence-electron chi connectivity index (χ4n) is 7.06. The van der Waals surface area contributed by atoms with E-state index in [0.29, 0.717) is 38.3 Å². The molecule has 2 aliphatic heterocycles. The molecule has 10 heteroatoms. The molecule has 2 heterocycles. The van der Waals surface area contributed by atoms with Gasteiger partial charge in [-0.25, -0.2) is 4.72 Å². The molecule has 2 aliphatic carbocycles. The van der Waals surface area contributed by atoms with E-state index in [1.807, 2.05) is 19.1 Å². The Hall–Kier alpha value is -2.59. The summed E-state index contributed by atoms with van der Waals surface area (Å²) in [5.41, 5.74) is 3.26. The largest absolute Gasteiger partial charge is 0.490 e. The van der Waals surface area contributed by atoms with Gasteiger partial charge in [0.25, 0.3) is 5.91 Å². The Bertz CT molecular complexity index is 1460. The molecule has 0 aromatic heterocycles. The fraction of sp³-hybridized carbons (Fsp3) is 0.516. The van der Waals surface area contributed by atoms with Crippen molar-refractivity contribution in [3.63, 3.8) is 0 Å². The summed E-state index contributed by atoms with van der Waals surface area (Å²) in [4.78, 5) is 15.5. The van der Waals surface area contributed by atoms with E-state index in [1.165, 1.54) is 11.1 Å². The molecule has 2 aromatic rings. The van der Waals surface area contributed by atoms with Crippen LogP contribution in [0.2, 0.25) is 5.02 Å². The monoisotopic (exact) mass is 599 g/mol. The lowest BCUT2D eigenvalue weighted by atomic mass is 9.68. The number of hydrogen-bond donors (Lipinski definition) is 3. The Morgan fingerprint density at radius 2 is 2.05 bits per heavy atom. The first-order valence-electron chi connectivity index (χ1n) is 14.7. The van der Waals surface area contributed by atoms with Gasteiger partial charge in [0.2, 0.25) is 0 Å². The second kappa shape index (κ2) is 11.2. The maximum atomic E-state index is 13.2. The van der Waals surface area contributed by atoms with E-state index in [2.05, 4.69) is 26.5 Å². The quantitative estimate of drug-likeness (QED) is 0.417. The topological polar surface area (TPSA) is 108 Å². The van der Waals surface area contributed by atoms with Crippen molar-refractivity contribution in [3.05, 3.63) is 70.3 Å². The lowest BCUT2D eigenvalue weighted by Crippen LogP contribution is -2.49. The van der Waals surface area contributed by atoms with Crippen molar-refractivity contribution in [2.24, 2.45) is 11.8 Å². The smallest absolute Gasteiger partial charge is 0.301 e. The van der Waals surface area contributed by atoms with Gasteiger partial charge in [-0.15, -0.1) is 0 Å². The van der Waals surface area contributed by atoms with Crippen LogP contribution in [0, 0.1) is 11.8 Å². The normalized spacial score (nSPS) is 32.0. The zero-order chi connectivity index (χ0) is 28.8. The van der Waals surface area contributed by atoms with Gasteiger partial charge in [-0.1, -0.05) is 36.7 Å². The summed E-state index contributed by atoms with van der Waals surface area (Å²) in [6, 6.07) is 10.9. The third-order valence-corrected chi connectivity index (χ3v) is 10.8. The summed E-state index contributed by atoms with van der Waals surface area (Å²) >= 11 is 6.37. The predicted octanol–water partition coefficient (Wildman–Crippen LogP) is 4.50. The molecule has 8 nitrogen and oxygen atoms in total. The number of aryl methyl sites for hydroxylation is 1. The number of anilines is 1. The van der Waals surface area contributed by atoms with Crippen molar-refractivity contribution >= 4 is 33.4 Å². The van der Waals surface area contributed by atoms with Gasteiger partial charge in [-0.3, -0.25) is 4.79 Å². The average molecular weight is 600 g/mol. The van der Waals surface area contributed by atoms with Crippen LogP contribution in [0.15, 0.2) is 48.6 Å². The number of amides is 1. The van der Waals surface area contributed by atoms with E-state index in [0.717, 1.165) is 42.8 Å². The Morgan fingerprint density at radius 1 is 1.20 bits per heavy atom. The van der Waals surface area contributed by atoms with Gasteiger partial charge < -0.3 is 14.7 Å². The average Bonchev–Trinajstić information content (AvgIpc) is 3.06. The minimum absolute atomic E-state index is 0.114.